The van der Waals surface area contributed by atoms with E-state index in [2.05, 4.69) is 61.5 Å². The normalized spacial score (nSPS) is 31.5. The first-order valence-corrected chi connectivity index (χ1v) is 17.7. The molecule has 0 saturated heterocycles. The van der Waals surface area contributed by atoms with Crippen molar-refractivity contribution in [3.63, 3.8) is 0 Å². The summed E-state index contributed by atoms with van der Waals surface area (Å²) in [5, 5.41) is 0.896. The number of rotatable bonds is 5. The summed E-state index contributed by atoms with van der Waals surface area (Å²) in [4.78, 5) is 28.0. The molecule has 44 heavy (non-hydrogen) atoms. The summed E-state index contributed by atoms with van der Waals surface area (Å²) in [6.45, 7) is 8.60. The lowest BCUT2D eigenvalue weighted by Gasteiger charge is -2.47. The van der Waals surface area contributed by atoms with E-state index in [9.17, 15) is 9.59 Å². The maximum Gasteiger partial charge on any atom is 0.260 e. The van der Waals surface area contributed by atoms with Crippen LogP contribution in [0.5, 0.6) is 5.75 Å². The monoisotopic (exact) mass is 640 g/mol. The molecule has 5 rings (SSSR count). The molecule has 2 aliphatic heterocycles. The number of hydrogen-bond acceptors (Lipinski definition) is 5. The van der Waals surface area contributed by atoms with E-state index >= 15 is 0 Å². The van der Waals surface area contributed by atoms with Crippen molar-refractivity contribution in [2.24, 2.45) is 17.8 Å². The number of aldehydes is 1. The van der Waals surface area contributed by atoms with Crippen LogP contribution in [0.2, 0.25) is 5.02 Å². The number of aryl methyl sites for hydroxylation is 1. The van der Waals surface area contributed by atoms with Crippen molar-refractivity contribution in [2.75, 3.05) is 33.9 Å². The highest BCUT2D eigenvalue weighted by molar-refractivity contribution is 8.13. The Hall–Kier alpha value is -2.45. The average molecular weight is 641 g/mol. The molecule has 1 N–H and O–H groups in total. The van der Waals surface area contributed by atoms with Gasteiger partial charge in [-0.2, -0.15) is 0 Å². The van der Waals surface area contributed by atoms with Gasteiger partial charge in [-0.1, -0.05) is 67.5 Å². The van der Waals surface area contributed by atoms with Gasteiger partial charge >= 0.3 is 0 Å². The second kappa shape index (κ2) is 15.7. The third-order valence-electron chi connectivity index (χ3n) is 9.61. The highest BCUT2D eigenvalue weighted by atomic mass is 35.5. The third kappa shape index (κ3) is 8.22. The molecule has 2 bridgehead atoms. The number of ether oxygens (including phenoxy) is 2. The van der Waals surface area contributed by atoms with E-state index < -0.39 is 16.3 Å². The predicted octanol–water partition coefficient (Wildman–Crippen LogP) is 7.33. The molecule has 2 heterocycles. The van der Waals surface area contributed by atoms with Gasteiger partial charge in [-0.15, -0.1) is 0 Å². The Labute approximate surface area is 271 Å². The van der Waals surface area contributed by atoms with Crippen molar-refractivity contribution in [2.45, 2.75) is 69.6 Å². The topological polar surface area (TPSA) is 67.9 Å². The van der Waals surface area contributed by atoms with Crippen molar-refractivity contribution < 1.29 is 19.1 Å². The van der Waals surface area contributed by atoms with Gasteiger partial charge in [0.05, 0.1) is 6.61 Å². The van der Waals surface area contributed by atoms with Gasteiger partial charge in [0, 0.05) is 47.9 Å². The van der Waals surface area contributed by atoms with Gasteiger partial charge in [0.25, 0.3) is 5.91 Å². The van der Waals surface area contributed by atoms with Crippen LogP contribution in [0.3, 0.4) is 0 Å². The summed E-state index contributed by atoms with van der Waals surface area (Å²) in [5.41, 5.74) is 2.13. The second-order valence-electron chi connectivity index (χ2n) is 12.6. The third-order valence-corrected chi connectivity index (χ3v) is 11.6. The SMILES string of the molecule is C=S1NC(=O)c2ccc(cc2)OCC(c2ccc(Cl)cc2CCC)CN(C)CC2CCC2C(C=O)(OC)/C=C/CC(C)C1C. The Morgan fingerprint density at radius 2 is 1.93 bits per heavy atom. The second-order valence-corrected chi connectivity index (χ2v) is 14.9. The minimum atomic E-state index is -0.942. The molecule has 8 heteroatoms. The molecule has 1 amide bonds. The maximum absolute atomic E-state index is 13.1. The van der Waals surface area contributed by atoms with E-state index in [0.717, 1.165) is 62.3 Å². The number of halogens is 1. The van der Waals surface area contributed by atoms with Crippen LogP contribution >= 0.6 is 22.3 Å². The molecule has 6 nitrogen and oxygen atoms in total. The number of nitrogens with zero attached hydrogens (tertiary/aromatic N) is 1. The largest absolute Gasteiger partial charge is 0.493 e. The highest BCUT2D eigenvalue weighted by Gasteiger charge is 2.47. The van der Waals surface area contributed by atoms with Gasteiger partial charge in [0.2, 0.25) is 0 Å². The summed E-state index contributed by atoms with van der Waals surface area (Å²) in [7, 11) is 3.22. The first kappa shape index (κ1) is 34.4. The number of carbonyl (C=O) groups excluding carboxylic acids is 2. The number of hydrogen-bond donors (Lipinski definition) is 1. The molecule has 2 aromatic carbocycles. The molecule has 7 unspecified atom stereocenters. The molecule has 1 saturated carbocycles. The van der Waals surface area contributed by atoms with Crippen LogP contribution in [0.15, 0.2) is 54.6 Å². The minimum absolute atomic E-state index is 0.101. The maximum atomic E-state index is 13.1. The predicted molar refractivity (Wildman–Crippen MR) is 184 cm³/mol. The number of allylic oxidation sites excluding steroid dienone is 1. The molecule has 0 aromatic heterocycles. The zero-order valence-corrected chi connectivity index (χ0v) is 28.5. The molecule has 0 radical (unpaired) electrons. The lowest BCUT2D eigenvalue weighted by molar-refractivity contribution is -0.137. The Balaban J connectivity index is 1.66. The van der Waals surface area contributed by atoms with Crippen LogP contribution < -0.4 is 9.46 Å². The highest BCUT2D eigenvalue weighted by Crippen LogP contribution is 2.44. The molecule has 7 atom stereocenters. The molecule has 0 spiro atoms. The van der Waals surface area contributed by atoms with Crippen LogP contribution in [0, 0.1) is 17.8 Å². The minimum Gasteiger partial charge on any atom is -0.493 e. The molecule has 240 valence electrons. The van der Waals surface area contributed by atoms with Crippen molar-refractivity contribution in [1.82, 2.24) is 9.62 Å². The number of fused-ring (bicyclic) bond motifs is 14. The van der Waals surface area contributed by atoms with Crippen LogP contribution in [-0.2, 0) is 16.0 Å². The van der Waals surface area contributed by atoms with E-state index in [-0.39, 0.29) is 28.9 Å². The molecular weight excluding hydrogens is 592 g/mol. The molecule has 3 aliphatic rings. The van der Waals surface area contributed by atoms with Gasteiger partial charge in [-0.05, 0) is 98.2 Å². The van der Waals surface area contributed by atoms with E-state index in [0.29, 0.717) is 18.1 Å². The standard InChI is InChI=1S/C36H49ClN2O4S/c1-7-9-28-20-31(37)14-17-33(28)30-22-39(4)21-29-13-18-34(29)36(24-40,42-5)19-8-10-25(2)26(3)44(6)38-35(41)27-11-15-32(16-12-27)43-23-30/h8,11-12,14-17,19-20,24-26,29-30,34H,6-7,9-10,13,18,21-23H2,1-5H3,(H,38,41)/b19-8+. The summed E-state index contributed by atoms with van der Waals surface area (Å²) < 4.78 is 15.4. The molecule has 2 aromatic rings. The van der Waals surface area contributed by atoms with Crippen molar-refractivity contribution in [3.05, 3.63) is 76.3 Å². The fourth-order valence-electron chi connectivity index (χ4n) is 6.56. The lowest BCUT2D eigenvalue weighted by atomic mass is 9.64. The Bertz CT molecular complexity index is 1330. The molecular formula is C36H49ClN2O4S. The van der Waals surface area contributed by atoms with E-state index in [1.54, 1.807) is 7.11 Å². The zero-order valence-electron chi connectivity index (χ0n) is 26.9. The number of amides is 1. The van der Waals surface area contributed by atoms with Crippen molar-refractivity contribution in [1.29, 1.82) is 0 Å². The fraction of sp³-hybridized carbons (Fsp3) is 0.528. The summed E-state index contributed by atoms with van der Waals surface area (Å²) in [5.74, 6) is 5.67. The summed E-state index contributed by atoms with van der Waals surface area (Å²) in [6.07, 6.45) is 9.80. The number of carbonyl (C=O) groups is 2. The van der Waals surface area contributed by atoms with E-state index in [1.165, 1.54) is 11.1 Å². The Kier molecular flexibility index (Phi) is 12.3. The van der Waals surface area contributed by atoms with Gasteiger partial charge in [-0.25, -0.2) is 0 Å². The number of likely N-dealkylation sites (N-methyl/N-ethyl adjacent to an activating group) is 1. The molecule has 1 fully saturated rings. The van der Waals surface area contributed by atoms with Gasteiger partial charge < -0.3 is 19.1 Å². The van der Waals surface area contributed by atoms with Crippen molar-refractivity contribution >= 4 is 40.3 Å². The quantitative estimate of drug-likeness (QED) is 0.211. The van der Waals surface area contributed by atoms with E-state index in [4.69, 9.17) is 21.1 Å². The first-order chi connectivity index (χ1) is 21.1. The first-order valence-electron chi connectivity index (χ1n) is 15.8. The van der Waals surface area contributed by atoms with E-state index in [1.807, 2.05) is 36.4 Å². The summed E-state index contributed by atoms with van der Waals surface area (Å²) >= 11 is 6.42. The Morgan fingerprint density at radius 3 is 2.57 bits per heavy atom. The zero-order chi connectivity index (χ0) is 31.9. The van der Waals surface area contributed by atoms with Crippen LogP contribution in [0.25, 0.3) is 0 Å². The molecule has 1 aliphatic carbocycles. The van der Waals surface area contributed by atoms with Gasteiger partial charge in [-0.3, -0.25) is 9.59 Å². The van der Waals surface area contributed by atoms with Crippen LogP contribution in [-0.4, -0.2) is 67.7 Å². The number of methoxy groups -OCH3 is 1. The lowest BCUT2D eigenvalue weighted by Crippen LogP contribution is -2.51. The number of nitrogens with one attached hydrogen (secondary N) is 1. The number of benzene rings is 2. The summed E-state index contributed by atoms with van der Waals surface area (Å²) in [6, 6.07) is 13.5. The fourth-order valence-corrected chi connectivity index (χ4v) is 7.97. The van der Waals surface area contributed by atoms with Crippen molar-refractivity contribution in [3.8, 4) is 5.75 Å². The smallest absolute Gasteiger partial charge is 0.260 e. The average Bonchev–Trinajstić information content (AvgIpc) is 3.00. The van der Waals surface area contributed by atoms with Gasteiger partial charge in [0.1, 0.15) is 11.4 Å². The van der Waals surface area contributed by atoms with Crippen LogP contribution in [0.4, 0.5) is 0 Å². The Morgan fingerprint density at radius 1 is 1.18 bits per heavy atom. The van der Waals surface area contributed by atoms with Crippen LogP contribution in [0.1, 0.15) is 73.9 Å². The van der Waals surface area contributed by atoms with Gasteiger partial charge in [0.15, 0.2) is 6.29 Å².